The van der Waals surface area contributed by atoms with Crippen LogP contribution in [0.1, 0.15) is 30.9 Å². The number of nitrogen functional groups attached to an aromatic ring is 1. The summed E-state index contributed by atoms with van der Waals surface area (Å²) in [5.74, 6) is 0.311. The molecule has 1 heterocycles. The molecule has 0 spiro atoms. The van der Waals surface area contributed by atoms with Gasteiger partial charge < -0.3 is 10.5 Å². The number of carbonyl (C=O) groups is 1. The van der Waals surface area contributed by atoms with Crippen LogP contribution in [-0.4, -0.2) is 15.7 Å². The highest BCUT2D eigenvalue weighted by molar-refractivity contribution is 5.82. The standard InChI is InChI=1S/C21H23N3O2/c1-4-8-19(25)26-21-14(2)13-17(20(22)15(21)3)18-11-12-24(23-18)16-9-6-5-7-10-16/h5-7,9-13H,4,8,22H2,1-3H3. The Kier molecular flexibility index (Phi) is 5.07. The van der Waals surface area contributed by atoms with Gasteiger partial charge in [-0.05, 0) is 50.1 Å². The van der Waals surface area contributed by atoms with Crippen LogP contribution in [0, 0.1) is 13.8 Å². The molecular formula is C21H23N3O2. The van der Waals surface area contributed by atoms with Crippen LogP contribution in [0.2, 0.25) is 0 Å². The molecular weight excluding hydrogens is 326 g/mol. The van der Waals surface area contributed by atoms with E-state index in [4.69, 9.17) is 10.5 Å². The molecule has 26 heavy (non-hydrogen) atoms. The number of aromatic nitrogens is 2. The summed E-state index contributed by atoms with van der Waals surface area (Å²) in [7, 11) is 0. The topological polar surface area (TPSA) is 70.1 Å². The minimum absolute atomic E-state index is 0.237. The van der Waals surface area contributed by atoms with Crippen LogP contribution in [0.5, 0.6) is 5.75 Å². The molecule has 0 aliphatic carbocycles. The third-order valence-electron chi connectivity index (χ3n) is 4.31. The van der Waals surface area contributed by atoms with Crippen LogP contribution >= 0.6 is 0 Å². The number of nitrogens with zero attached hydrogens (tertiary/aromatic N) is 2. The molecule has 2 aromatic carbocycles. The first kappa shape index (κ1) is 17.7. The Bertz CT molecular complexity index is 930. The van der Waals surface area contributed by atoms with Crippen LogP contribution < -0.4 is 10.5 Å². The molecule has 0 saturated carbocycles. The monoisotopic (exact) mass is 349 g/mol. The van der Waals surface area contributed by atoms with E-state index in [1.165, 1.54) is 0 Å². The first-order valence-corrected chi connectivity index (χ1v) is 8.73. The number of para-hydroxylation sites is 1. The Morgan fingerprint density at radius 3 is 2.62 bits per heavy atom. The van der Waals surface area contributed by atoms with Crippen molar-refractivity contribution in [1.82, 2.24) is 9.78 Å². The second-order valence-electron chi connectivity index (χ2n) is 6.31. The van der Waals surface area contributed by atoms with E-state index in [2.05, 4.69) is 5.10 Å². The SMILES string of the molecule is CCCC(=O)Oc1c(C)cc(-c2ccn(-c3ccccc3)n2)c(N)c1C. The quantitative estimate of drug-likeness (QED) is 0.420. The highest BCUT2D eigenvalue weighted by Gasteiger charge is 2.17. The Hall–Kier alpha value is -3.08. The Morgan fingerprint density at radius 1 is 1.19 bits per heavy atom. The number of rotatable bonds is 5. The summed E-state index contributed by atoms with van der Waals surface area (Å²) in [6, 6.07) is 13.8. The van der Waals surface area contributed by atoms with E-state index in [0.717, 1.165) is 34.5 Å². The highest BCUT2D eigenvalue weighted by Crippen LogP contribution is 2.36. The van der Waals surface area contributed by atoms with Crippen LogP contribution in [0.15, 0.2) is 48.7 Å². The van der Waals surface area contributed by atoms with Crippen molar-refractivity contribution in [3.05, 3.63) is 59.8 Å². The fourth-order valence-electron chi connectivity index (χ4n) is 2.91. The van der Waals surface area contributed by atoms with E-state index in [0.29, 0.717) is 17.9 Å². The van der Waals surface area contributed by atoms with Gasteiger partial charge in [-0.3, -0.25) is 4.79 Å². The molecule has 0 aliphatic heterocycles. The molecule has 0 atom stereocenters. The van der Waals surface area contributed by atoms with Gasteiger partial charge in [0.1, 0.15) is 5.75 Å². The van der Waals surface area contributed by atoms with E-state index in [-0.39, 0.29) is 5.97 Å². The maximum absolute atomic E-state index is 11.9. The van der Waals surface area contributed by atoms with E-state index >= 15 is 0 Å². The maximum atomic E-state index is 11.9. The van der Waals surface area contributed by atoms with Crippen molar-refractivity contribution >= 4 is 11.7 Å². The number of benzene rings is 2. The van der Waals surface area contributed by atoms with Gasteiger partial charge in [-0.2, -0.15) is 5.10 Å². The average Bonchev–Trinajstić information content (AvgIpc) is 3.12. The number of anilines is 1. The lowest BCUT2D eigenvalue weighted by molar-refractivity contribution is -0.134. The molecule has 2 N–H and O–H groups in total. The summed E-state index contributed by atoms with van der Waals surface area (Å²) < 4.78 is 7.33. The zero-order chi connectivity index (χ0) is 18.7. The summed E-state index contributed by atoms with van der Waals surface area (Å²) in [6.45, 7) is 5.73. The number of esters is 1. The van der Waals surface area contributed by atoms with Crippen molar-refractivity contribution in [1.29, 1.82) is 0 Å². The Labute approximate surface area is 153 Å². The molecule has 0 fully saturated rings. The zero-order valence-corrected chi connectivity index (χ0v) is 15.3. The van der Waals surface area contributed by atoms with Gasteiger partial charge in [-0.25, -0.2) is 4.68 Å². The third kappa shape index (κ3) is 3.47. The second kappa shape index (κ2) is 7.44. The molecule has 0 unspecified atom stereocenters. The molecule has 0 bridgehead atoms. The smallest absolute Gasteiger partial charge is 0.311 e. The molecule has 3 aromatic rings. The first-order valence-electron chi connectivity index (χ1n) is 8.73. The van der Waals surface area contributed by atoms with Crippen LogP contribution in [0.25, 0.3) is 16.9 Å². The predicted molar refractivity (Wildman–Crippen MR) is 103 cm³/mol. The summed E-state index contributed by atoms with van der Waals surface area (Å²) >= 11 is 0. The van der Waals surface area contributed by atoms with Gasteiger partial charge in [0, 0.05) is 29.4 Å². The maximum Gasteiger partial charge on any atom is 0.311 e. The molecule has 0 amide bonds. The van der Waals surface area contributed by atoms with E-state index < -0.39 is 0 Å². The summed E-state index contributed by atoms with van der Waals surface area (Å²) in [5.41, 5.74) is 11.1. The fraction of sp³-hybridized carbons (Fsp3) is 0.238. The lowest BCUT2D eigenvalue weighted by Crippen LogP contribution is -2.10. The minimum Gasteiger partial charge on any atom is -0.426 e. The van der Waals surface area contributed by atoms with E-state index in [9.17, 15) is 4.79 Å². The number of carbonyl (C=O) groups excluding carboxylic acids is 1. The largest absolute Gasteiger partial charge is 0.426 e. The van der Waals surface area contributed by atoms with Crippen molar-refractivity contribution in [2.75, 3.05) is 5.73 Å². The average molecular weight is 349 g/mol. The first-order chi connectivity index (χ1) is 12.5. The summed E-state index contributed by atoms with van der Waals surface area (Å²) in [4.78, 5) is 11.9. The highest BCUT2D eigenvalue weighted by atomic mass is 16.5. The van der Waals surface area contributed by atoms with Crippen molar-refractivity contribution in [2.24, 2.45) is 0 Å². The normalized spacial score (nSPS) is 10.7. The van der Waals surface area contributed by atoms with Crippen LogP contribution in [0.4, 0.5) is 5.69 Å². The van der Waals surface area contributed by atoms with E-state index in [1.807, 2.05) is 74.1 Å². The fourth-order valence-corrected chi connectivity index (χ4v) is 2.91. The second-order valence-corrected chi connectivity index (χ2v) is 6.31. The predicted octanol–water partition coefficient (Wildman–Crippen LogP) is 4.44. The van der Waals surface area contributed by atoms with Crippen molar-refractivity contribution < 1.29 is 9.53 Å². The van der Waals surface area contributed by atoms with Crippen LogP contribution in [-0.2, 0) is 4.79 Å². The van der Waals surface area contributed by atoms with Gasteiger partial charge in [0.25, 0.3) is 0 Å². The van der Waals surface area contributed by atoms with Crippen molar-refractivity contribution in [2.45, 2.75) is 33.6 Å². The van der Waals surface area contributed by atoms with Gasteiger partial charge in [-0.15, -0.1) is 0 Å². The lowest BCUT2D eigenvalue weighted by atomic mass is 10.0. The Balaban J connectivity index is 1.97. The third-order valence-corrected chi connectivity index (χ3v) is 4.31. The minimum atomic E-state index is -0.237. The zero-order valence-electron chi connectivity index (χ0n) is 15.3. The van der Waals surface area contributed by atoms with Crippen molar-refractivity contribution in [3.8, 4) is 22.7 Å². The molecule has 3 rings (SSSR count). The number of hydrogen-bond acceptors (Lipinski definition) is 4. The number of hydrogen-bond donors (Lipinski definition) is 1. The van der Waals surface area contributed by atoms with E-state index in [1.54, 1.807) is 0 Å². The summed E-state index contributed by atoms with van der Waals surface area (Å²) in [5, 5.41) is 4.64. The van der Waals surface area contributed by atoms with Crippen molar-refractivity contribution in [3.63, 3.8) is 0 Å². The number of ether oxygens (including phenoxy) is 1. The van der Waals surface area contributed by atoms with Gasteiger partial charge in [0.05, 0.1) is 11.4 Å². The van der Waals surface area contributed by atoms with Gasteiger partial charge >= 0.3 is 5.97 Å². The van der Waals surface area contributed by atoms with Gasteiger partial charge in [0.15, 0.2) is 0 Å². The van der Waals surface area contributed by atoms with Crippen LogP contribution in [0.3, 0.4) is 0 Å². The summed E-state index contributed by atoms with van der Waals surface area (Å²) in [6.07, 6.45) is 3.05. The molecule has 1 aromatic heterocycles. The molecule has 0 radical (unpaired) electrons. The molecule has 134 valence electrons. The molecule has 0 aliphatic rings. The number of nitrogens with two attached hydrogens (primary N) is 1. The van der Waals surface area contributed by atoms with Gasteiger partial charge in [0.2, 0.25) is 0 Å². The molecule has 0 saturated heterocycles. The molecule has 5 heteroatoms. The van der Waals surface area contributed by atoms with Gasteiger partial charge in [-0.1, -0.05) is 25.1 Å². The lowest BCUT2D eigenvalue weighted by Gasteiger charge is -2.15. The number of aryl methyl sites for hydroxylation is 1. The molecule has 5 nitrogen and oxygen atoms in total. The Morgan fingerprint density at radius 2 is 1.92 bits per heavy atom.